The van der Waals surface area contributed by atoms with Crippen LogP contribution >= 0.6 is 7.82 Å². The molecule has 2 rings (SSSR count). The number of phosphoric acid groups is 1. The van der Waals surface area contributed by atoms with Gasteiger partial charge in [-0.05, 0) is 6.08 Å². The van der Waals surface area contributed by atoms with Gasteiger partial charge in [-0.1, -0.05) is 6.08 Å². The zero-order valence-electron chi connectivity index (χ0n) is 16.4. The van der Waals surface area contributed by atoms with Crippen LogP contribution in [0.15, 0.2) is 12.2 Å². The van der Waals surface area contributed by atoms with Crippen molar-refractivity contribution >= 4 is 13.6 Å². The molecule has 0 aromatic carbocycles. The van der Waals surface area contributed by atoms with Gasteiger partial charge in [0.05, 0.1) is 0 Å². The van der Waals surface area contributed by atoms with Gasteiger partial charge in [0.15, 0.2) is 0 Å². The Labute approximate surface area is 190 Å². The topological polar surface area (TPSA) is 83.8 Å². The fourth-order valence-corrected chi connectivity index (χ4v) is 3.89. The number of carbonyl (C=O) groups excluding carboxylic acids is 1. The fraction of sp³-hybridized carbons (Fsp3) is 0.786. The minimum Gasteiger partial charge on any atom is -0.303 e. The van der Waals surface area contributed by atoms with Crippen molar-refractivity contribution in [3.63, 3.8) is 0 Å². The summed E-state index contributed by atoms with van der Waals surface area (Å²) < 4.78 is 251. The summed E-state index contributed by atoms with van der Waals surface area (Å²) >= 11 is 0. The predicted octanol–water partition coefficient (Wildman–Crippen LogP) is 5.17. The number of phosphoric ester groups is 1. The van der Waals surface area contributed by atoms with Gasteiger partial charge < -0.3 is 9.79 Å². The molecule has 0 bridgehead atoms. The van der Waals surface area contributed by atoms with E-state index in [0.717, 1.165) is 0 Å². The van der Waals surface area contributed by atoms with Gasteiger partial charge >= 0.3 is 60.8 Å². The van der Waals surface area contributed by atoms with Gasteiger partial charge in [-0.15, -0.1) is 0 Å². The molecule has 1 saturated carbocycles. The highest BCUT2D eigenvalue weighted by Crippen LogP contribution is 2.71. The van der Waals surface area contributed by atoms with Crippen LogP contribution in [0.25, 0.3) is 0 Å². The first kappa shape index (κ1) is 31.5. The van der Waals surface area contributed by atoms with Crippen molar-refractivity contribution in [2.75, 3.05) is 0 Å². The molecule has 23 heteroatoms. The molecular formula is C14H6F17O5P. The molecule has 2 unspecified atom stereocenters. The van der Waals surface area contributed by atoms with Crippen LogP contribution in [0.3, 0.4) is 0 Å². The SMILES string of the molecule is O=C(C(F)(OP(=O)(O)O)C1(F)C=CCC(F)(F)C1(F)F)C1(F)C(F)(F)C(F)(F)C(F)(F)C(F)(F)C1(F)F. The summed E-state index contributed by atoms with van der Waals surface area (Å²) in [4.78, 5) is 29.2. The van der Waals surface area contributed by atoms with E-state index in [1.165, 1.54) is 0 Å². The molecule has 0 aromatic heterocycles. The largest absolute Gasteiger partial charge is 0.472 e. The van der Waals surface area contributed by atoms with Gasteiger partial charge in [-0.25, -0.2) is 17.9 Å². The van der Waals surface area contributed by atoms with E-state index < -0.39 is 90.8 Å². The van der Waals surface area contributed by atoms with Crippen LogP contribution in [0, 0.1) is 0 Å². The summed E-state index contributed by atoms with van der Waals surface area (Å²) in [5.41, 5.74) is -15.2. The van der Waals surface area contributed by atoms with Crippen LogP contribution in [0.1, 0.15) is 6.42 Å². The Morgan fingerprint density at radius 2 is 1.05 bits per heavy atom. The summed E-state index contributed by atoms with van der Waals surface area (Å²) in [6.45, 7) is 0. The summed E-state index contributed by atoms with van der Waals surface area (Å²) in [5.74, 6) is -67.4. The van der Waals surface area contributed by atoms with Gasteiger partial charge in [-0.3, -0.25) is 4.79 Å². The Morgan fingerprint density at radius 1 is 0.703 bits per heavy atom. The minimum absolute atomic E-state index is 0.707. The van der Waals surface area contributed by atoms with E-state index in [1.807, 2.05) is 0 Å². The number of carbonyl (C=O) groups is 1. The predicted molar refractivity (Wildman–Crippen MR) is 78.0 cm³/mol. The molecule has 2 aliphatic rings. The van der Waals surface area contributed by atoms with Crippen molar-refractivity contribution < 1.29 is 98.3 Å². The third kappa shape index (κ3) is 3.23. The Kier molecular flexibility index (Phi) is 6.39. The summed E-state index contributed by atoms with van der Waals surface area (Å²) in [6, 6.07) is 0. The number of allylic oxidation sites excluding steroid dienone is 1. The lowest BCUT2D eigenvalue weighted by atomic mass is 9.66. The lowest BCUT2D eigenvalue weighted by Crippen LogP contribution is -2.87. The Bertz CT molecular complexity index is 1040. The first-order valence-corrected chi connectivity index (χ1v) is 10.1. The Hall–Kier alpha value is -1.67. The van der Waals surface area contributed by atoms with E-state index in [0.29, 0.717) is 0 Å². The smallest absolute Gasteiger partial charge is 0.303 e. The van der Waals surface area contributed by atoms with Gasteiger partial charge in [0.1, 0.15) is 0 Å². The van der Waals surface area contributed by atoms with Crippen molar-refractivity contribution in [2.45, 2.75) is 65.1 Å². The maximum absolute atomic E-state index is 15.3. The maximum atomic E-state index is 15.3. The molecular weight excluding hydrogens is 602 g/mol. The van der Waals surface area contributed by atoms with E-state index in [2.05, 4.69) is 4.52 Å². The van der Waals surface area contributed by atoms with Crippen molar-refractivity contribution in [3.8, 4) is 0 Å². The maximum Gasteiger partial charge on any atom is 0.472 e. The van der Waals surface area contributed by atoms with Crippen LogP contribution in [-0.4, -0.2) is 74.2 Å². The molecule has 5 nitrogen and oxygen atoms in total. The third-order valence-electron chi connectivity index (χ3n) is 5.40. The minimum atomic E-state index is -8.38. The normalized spacial score (nSPS) is 33.8. The monoisotopic (exact) mass is 608 g/mol. The lowest BCUT2D eigenvalue weighted by Gasteiger charge is -2.53. The first-order chi connectivity index (χ1) is 15.8. The van der Waals surface area contributed by atoms with E-state index in [1.54, 1.807) is 0 Å². The highest BCUT2D eigenvalue weighted by Gasteiger charge is 3.04. The van der Waals surface area contributed by atoms with E-state index in [9.17, 15) is 75.2 Å². The number of alkyl halides is 17. The molecule has 216 valence electrons. The van der Waals surface area contributed by atoms with Crippen LogP contribution in [-0.2, 0) is 13.9 Å². The lowest BCUT2D eigenvalue weighted by molar-refractivity contribution is -0.478. The van der Waals surface area contributed by atoms with Gasteiger partial charge in [0.2, 0.25) is 0 Å². The molecule has 0 aromatic rings. The van der Waals surface area contributed by atoms with Crippen LogP contribution in [0.5, 0.6) is 0 Å². The average molecular weight is 608 g/mol. The van der Waals surface area contributed by atoms with Crippen molar-refractivity contribution in [2.24, 2.45) is 0 Å². The van der Waals surface area contributed by atoms with Crippen molar-refractivity contribution in [1.82, 2.24) is 0 Å². The molecule has 0 heterocycles. The Morgan fingerprint density at radius 3 is 1.41 bits per heavy atom. The zero-order valence-corrected chi connectivity index (χ0v) is 17.2. The van der Waals surface area contributed by atoms with Crippen molar-refractivity contribution in [1.29, 1.82) is 0 Å². The van der Waals surface area contributed by atoms with E-state index >= 15 is 8.78 Å². The fourth-order valence-electron chi connectivity index (χ4n) is 3.34. The molecule has 2 N–H and O–H groups in total. The second kappa shape index (κ2) is 7.50. The molecule has 0 spiro atoms. The molecule has 37 heavy (non-hydrogen) atoms. The highest BCUT2D eigenvalue weighted by molar-refractivity contribution is 7.46. The number of halogens is 17. The second-order valence-electron chi connectivity index (χ2n) is 7.63. The van der Waals surface area contributed by atoms with Crippen LogP contribution in [0.4, 0.5) is 74.6 Å². The van der Waals surface area contributed by atoms with Gasteiger partial charge in [0, 0.05) is 6.42 Å². The second-order valence-corrected chi connectivity index (χ2v) is 8.80. The molecule has 0 saturated heterocycles. The number of hydrogen-bond acceptors (Lipinski definition) is 3. The molecule has 0 radical (unpaired) electrons. The van der Waals surface area contributed by atoms with Crippen molar-refractivity contribution in [3.05, 3.63) is 12.2 Å². The van der Waals surface area contributed by atoms with E-state index in [-0.39, 0.29) is 0 Å². The summed E-state index contributed by atoms with van der Waals surface area (Å²) in [7, 11) is -7.43. The third-order valence-corrected chi connectivity index (χ3v) is 5.89. The molecule has 2 aliphatic carbocycles. The number of rotatable bonds is 5. The zero-order chi connectivity index (χ0) is 29.9. The average Bonchev–Trinajstić information content (AvgIpc) is 2.67. The molecule has 0 amide bonds. The highest BCUT2D eigenvalue weighted by atomic mass is 31.2. The van der Waals surface area contributed by atoms with Gasteiger partial charge in [-0.2, -0.15) is 65.9 Å². The number of Topliss-reactive ketones (excluding diaryl/α,β-unsaturated/α-hetero) is 1. The number of ketones is 1. The molecule has 2 atom stereocenters. The van der Waals surface area contributed by atoms with Crippen LogP contribution < -0.4 is 0 Å². The molecule has 1 fully saturated rings. The standard InChI is InChI=1S/C14H6F17O5P/c15-5(2-1-3-6(16,17)9(5,20)21)8(19,36-37(33,34)35)4(32)7(18)10(22,23)12(26,27)14(30,31)13(28,29)11(7,24)25/h1-2H,3H2,(H2,33,34,35). The summed E-state index contributed by atoms with van der Waals surface area (Å²) in [6.07, 6.45) is -4.59. The van der Waals surface area contributed by atoms with Gasteiger partial charge in [0.25, 0.3) is 11.5 Å². The Balaban J connectivity index is 3.08. The number of hydrogen-bond donors (Lipinski definition) is 2. The van der Waals surface area contributed by atoms with E-state index in [4.69, 9.17) is 9.79 Å². The first-order valence-electron chi connectivity index (χ1n) is 8.52. The quantitative estimate of drug-likeness (QED) is 0.256. The van der Waals surface area contributed by atoms with Crippen LogP contribution in [0.2, 0.25) is 0 Å². The molecule has 0 aliphatic heterocycles. The summed E-state index contributed by atoms with van der Waals surface area (Å²) in [5, 5.41) is 0.